The number of pyridine rings is 1. The Bertz CT molecular complexity index is 1150. The maximum atomic E-state index is 12.6. The van der Waals surface area contributed by atoms with Crippen LogP contribution in [0.25, 0.3) is 11.3 Å². The van der Waals surface area contributed by atoms with Gasteiger partial charge in [0.2, 0.25) is 11.8 Å². The molecule has 2 N–H and O–H groups in total. The third-order valence-corrected chi connectivity index (χ3v) is 5.25. The van der Waals surface area contributed by atoms with E-state index in [4.69, 9.17) is 4.74 Å². The minimum Gasteiger partial charge on any atom is -0.465 e. The smallest absolute Gasteiger partial charge is 0.341 e. The van der Waals surface area contributed by atoms with Crippen molar-refractivity contribution in [2.45, 2.75) is 13.0 Å². The SMILES string of the molecule is COC(=O)c1cn(CCNC(=O)[C@H]2CC(=O)N(c3ccccc3)C2)cc2c(=O)[nH]nc1-2. The molecule has 1 aromatic rings. The number of nitrogens with zero attached hydrogens (tertiary/aromatic N) is 3. The average Bonchev–Trinajstić information content (AvgIpc) is 3.36. The minimum absolute atomic E-state index is 0.0863. The number of anilines is 1. The maximum Gasteiger partial charge on any atom is 0.341 e. The number of benzene rings is 1. The normalized spacial score (nSPS) is 16.0. The van der Waals surface area contributed by atoms with Crippen LogP contribution in [0.3, 0.4) is 0 Å². The van der Waals surface area contributed by atoms with Crippen molar-refractivity contribution < 1.29 is 19.1 Å². The second kappa shape index (κ2) is 8.42. The standard InChI is InChI=1S/C21H21N5O5/c1-31-21(30)16-12-25(11-15-18(16)23-24-20(15)29)8-7-22-19(28)13-9-17(27)26(10-13)14-5-3-2-4-6-14/h2-6,11-13H,7-10H2,1H3,(H,22,28)(H,24,29)/t13-/m0/s1. The van der Waals surface area contributed by atoms with Crippen molar-refractivity contribution in [3.63, 3.8) is 0 Å². The zero-order valence-electron chi connectivity index (χ0n) is 16.8. The zero-order valence-corrected chi connectivity index (χ0v) is 16.8. The summed E-state index contributed by atoms with van der Waals surface area (Å²) in [4.78, 5) is 50.5. The lowest BCUT2D eigenvalue weighted by Gasteiger charge is -2.17. The molecule has 160 valence electrons. The van der Waals surface area contributed by atoms with E-state index in [0.717, 1.165) is 5.69 Å². The summed E-state index contributed by atoms with van der Waals surface area (Å²) in [6.45, 7) is 0.909. The van der Waals surface area contributed by atoms with E-state index in [1.165, 1.54) is 13.3 Å². The van der Waals surface area contributed by atoms with Crippen LogP contribution in [0.15, 0.2) is 47.5 Å². The molecule has 3 heterocycles. The van der Waals surface area contributed by atoms with Gasteiger partial charge in [0.05, 0.1) is 18.6 Å². The summed E-state index contributed by atoms with van der Waals surface area (Å²) in [5.74, 6) is -1.35. The van der Waals surface area contributed by atoms with Crippen molar-refractivity contribution in [1.82, 2.24) is 20.1 Å². The van der Waals surface area contributed by atoms with Crippen molar-refractivity contribution in [3.05, 3.63) is 58.6 Å². The summed E-state index contributed by atoms with van der Waals surface area (Å²) in [6.07, 6.45) is 3.24. The second-order valence-corrected chi connectivity index (χ2v) is 7.25. The monoisotopic (exact) mass is 423 g/mol. The molecule has 31 heavy (non-hydrogen) atoms. The first-order valence-electron chi connectivity index (χ1n) is 9.77. The van der Waals surface area contributed by atoms with Crippen molar-refractivity contribution in [3.8, 4) is 11.3 Å². The van der Waals surface area contributed by atoms with Crippen LogP contribution in [0.2, 0.25) is 0 Å². The van der Waals surface area contributed by atoms with Crippen LogP contribution in [-0.4, -0.2) is 52.7 Å². The number of esters is 1. The highest BCUT2D eigenvalue weighted by molar-refractivity contribution is 6.00. The number of carbonyl (C=O) groups is 3. The Kier molecular flexibility index (Phi) is 5.52. The second-order valence-electron chi connectivity index (χ2n) is 7.25. The number of fused-ring (bicyclic) bond motifs is 1. The first-order chi connectivity index (χ1) is 15.0. The summed E-state index contributed by atoms with van der Waals surface area (Å²) in [5, 5.41) is 9.02. The third kappa shape index (κ3) is 4.04. The number of aromatic nitrogens is 3. The highest BCUT2D eigenvalue weighted by atomic mass is 16.5. The number of para-hydroxylation sites is 1. The molecule has 1 saturated heterocycles. The largest absolute Gasteiger partial charge is 0.465 e. The maximum absolute atomic E-state index is 12.6. The number of methoxy groups -OCH3 is 1. The van der Waals surface area contributed by atoms with E-state index < -0.39 is 17.4 Å². The summed E-state index contributed by atoms with van der Waals surface area (Å²) in [5.41, 5.74) is 1.01. The summed E-state index contributed by atoms with van der Waals surface area (Å²) < 4.78 is 6.39. The molecule has 1 fully saturated rings. The number of H-pyrrole nitrogens is 1. The van der Waals surface area contributed by atoms with Gasteiger partial charge in [0.25, 0.3) is 5.56 Å². The van der Waals surface area contributed by atoms with Crippen molar-refractivity contribution in [2.24, 2.45) is 5.92 Å². The Labute approximate surface area is 177 Å². The van der Waals surface area contributed by atoms with Gasteiger partial charge in [-0.3, -0.25) is 14.4 Å². The van der Waals surface area contributed by atoms with Crippen LogP contribution in [0.5, 0.6) is 0 Å². The van der Waals surface area contributed by atoms with E-state index >= 15 is 0 Å². The Balaban J connectivity index is 1.40. The van der Waals surface area contributed by atoms with Crippen LogP contribution in [0, 0.1) is 5.92 Å². The fourth-order valence-corrected chi connectivity index (χ4v) is 3.67. The van der Waals surface area contributed by atoms with Gasteiger partial charge in [0.15, 0.2) is 0 Å². The molecule has 0 unspecified atom stereocenters. The van der Waals surface area contributed by atoms with Crippen molar-refractivity contribution in [2.75, 3.05) is 25.1 Å². The highest BCUT2D eigenvalue weighted by Crippen LogP contribution is 2.25. The number of hydrogen-bond acceptors (Lipinski definition) is 6. The van der Waals surface area contributed by atoms with Crippen LogP contribution >= 0.6 is 0 Å². The fourth-order valence-electron chi connectivity index (χ4n) is 3.67. The van der Waals surface area contributed by atoms with Gasteiger partial charge in [0, 0.05) is 44.1 Å². The quantitative estimate of drug-likeness (QED) is 0.560. The molecule has 1 atom stereocenters. The van der Waals surface area contributed by atoms with Gasteiger partial charge in [-0.2, -0.15) is 5.10 Å². The number of ether oxygens (including phenoxy) is 1. The molecule has 0 aliphatic carbocycles. The number of amides is 2. The Hall–Kier alpha value is -3.95. The Morgan fingerprint density at radius 3 is 2.74 bits per heavy atom. The van der Waals surface area contributed by atoms with E-state index in [9.17, 15) is 19.2 Å². The molecule has 0 bridgehead atoms. The van der Waals surface area contributed by atoms with E-state index in [1.54, 1.807) is 15.7 Å². The lowest BCUT2D eigenvalue weighted by molar-refractivity contribution is -0.126. The summed E-state index contributed by atoms with van der Waals surface area (Å²) >= 11 is 0. The summed E-state index contributed by atoms with van der Waals surface area (Å²) in [7, 11) is 1.25. The van der Waals surface area contributed by atoms with Gasteiger partial charge in [-0.1, -0.05) is 18.2 Å². The highest BCUT2D eigenvalue weighted by Gasteiger charge is 2.34. The number of carbonyl (C=O) groups excluding carboxylic acids is 3. The van der Waals surface area contributed by atoms with Gasteiger partial charge < -0.3 is 19.5 Å². The zero-order chi connectivity index (χ0) is 22.0. The van der Waals surface area contributed by atoms with Gasteiger partial charge in [-0.05, 0) is 12.1 Å². The molecular weight excluding hydrogens is 402 g/mol. The van der Waals surface area contributed by atoms with Gasteiger partial charge in [-0.15, -0.1) is 0 Å². The van der Waals surface area contributed by atoms with Crippen LogP contribution < -0.4 is 15.8 Å². The minimum atomic E-state index is -0.611. The predicted octanol–water partition coefficient (Wildman–Crippen LogP) is 0.632. The van der Waals surface area contributed by atoms with E-state index in [0.29, 0.717) is 13.1 Å². The fraction of sp³-hybridized carbons (Fsp3) is 0.286. The van der Waals surface area contributed by atoms with Crippen LogP contribution in [0.1, 0.15) is 16.8 Å². The first-order valence-corrected chi connectivity index (χ1v) is 9.77. The molecule has 0 aromatic heterocycles. The molecule has 1 aromatic carbocycles. The van der Waals surface area contributed by atoms with E-state index in [1.807, 2.05) is 30.3 Å². The molecule has 2 amide bonds. The third-order valence-electron chi connectivity index (χ3n) is 5.25. The summed E-state index contributed by atoms with van der Waals surface area (Å²) in [6, 6.07) is 9.24. The lowest BCUT2D eigenvalue weighted by atomic mass is 10.1. The Morgan fingerprint density at radius 1 is 1.23 bits per heavy atom. The number of aromatic amines is 1. The van der Waals surface area contributed by atoms with Crippen molar-refractivity contribution >= 4 is 23.5 Å². The van der Waals surface area contributed by atoms with Crippen molar-refractivity contribution in [1.29, 1.82) is 0 Å². The number of hydrogen-bond donors (Lipinski definition) is 2. The van der Waals surface area contributed by atoms with Gasteiger partial charge in [-0.25, -0.2) is 9.89 Å². The van der Waals surface area contributed by atoms with E-state index in [2.05, 4.69) is 15.5 Å². The molecule has 0 radical (unpaired) electrons. The van der Waals surface area contributed by atoms with Gasteiger partial charge in [0.1, 0.15) is 11.3 Å². The molecule has 10 nitrogen and oxygen atoms in total. The first kappa shape index (κ1) is 20.3. The molecule has 3 aliphatic rings. The van der Waals surface area contributed by atoms with Crippen LogP contribution in [0.4, 0.5) is 5.69 Å². The van der Waals surface area contributed by atoms with E-state index in [-0.39, 0.29) is 41.6 Å². The van der Waals surface area contributed by atoms with Gasteiger partial charge >= 0.3 is 5.97 Å². The number of rotatable bonds is 6. The predicted molar refractivity (Wildman–Crippen MR) is 111 cm³/mol. The lowest BCUT2D eigenvalue weighted by Crippen LogP contribution is -2.34. The Morgan fingerprint density at radius 2 is 2.00 bits per heavy atom. The average molecular weight is 423 g/mol. The van der Waals surface area contributed by atoms with Crippen LogP contribution in [-0.2, 0) is 20.9 Å². The number of nitrogens with one attached hydrogen (secondary N) is 2. The molecule has 3 aliphatic heterocycles. The molecule has 0 spiro atoms. The molecular formula is C21H21N5O5. The molecule has 4 rings (SSSR count). The molecule has 0 saturated carbocycles. The topological polar surface area (TPSA) is 126 Å². The molecule has 10 heteroatoms.